The fraction of sp³-hybridized carbons (Fsp3) is 0.389. The number of carbonyl (C=O) groups is 1. The molecule has 2 atom stereocenters. The molecule has 3 heteroatoms. The van der Waals surface area contributed by atoms with Gasteiger partial charge in [-0.1, -0.05) is 41.9 Å². The van der Waals surface area contributed by atoms with Crippen LogP contribution in [0.4, 0.5) is 0 Å². The smallest absolute Gasteiger partial charge is 0.159 e. The van der Waals surface area contributed by atoms with Crippen molar-refractivity contribution in [2.45, 2.75) is 20.3 Å². The maximum absolute atomic E-state index is 12.1. The van der Waals surface area contributed by atoms with E-state index in [2.05, 4.69) is 35.9 Å². The van der Waals surface area contributed by atoms with Gasteiger partial charge in [-0.2, -0.15) is 0 Å². The van der Waals surface area contributed by atoms with Crippen molar-refractivity contribution in [2.75, 3.05) is 7.11 Å². The van der Waals surface area contributed by atoms with Crippen LogP contribution in [-0.2, 0) is 4.79 Å². The molecule has 110 valence electrons. The Balaban J connectivity index is 1.90. The molecule has 0 amide bonds. The molecule has 0 aliphatic heterocycles. The van der Waals surface area contributed by atoms with E-state index in [0.717, 1.165) is 27.8 Å². The molecule has 0 spiro atoms. The number of benzene rings is 1. The average molecular weight is 347 g/mol. The number of carbonyl (C=O) groups excluding carboxylic acids is 1. The molecule has 21 heavy (non-hydrogen) atoms. The van der Waals surface area contributed by atoms with Crippen molar-refractivity contribution in [3.63, 3.8) is 0 Å². The second-order valence-electron chi connectivity index (χ2n) is 6.43. The molecule has 4 rings (SSSR count). The number of allylic oxidation sites excluding steroid dienone is 3. The largest absolute Gasteiger partial charge is 0.496 e. The summed E-state index contributed by atoms with van der Waals surface area (Å²) in [5, 5.41) is 0. The minimum atomic E-state index is 0.104. The van der Waals surface area contributed by atoms with Crippen LogP contribution in [0.25, 0.3) is 6.08 Å². The van der Waals surface area contributed by atoms with Crippen LogP contribution in [0, 0.1) is 17.3 Å². The Kier molecular flexibility index (Phi) is 3.56. The summed E-state index contributed by atoms with van der Waals surface area (Å²) in [6, 6.07) is 5.92. The van der Waals surface area contributed by atoms with Crippen LogP contribution in [0.5, 0.6) is 5.75 Å². The summed E-state index contributed by atoms with van der Waals surface area (Å²) in [7, 11) is 1.67. The third-order valence-electron chi connectivity index (χ3n) is 4.97. The Morgan fingerprint density at radius 3 is 2.67 bits per heavy atom. The first kappa shape index (κ1) is 14.6. The third-order valence-corrected chi connectivity index (χ3v) is 5.46. The highest BCUT2D eigenvalue weighted by Crippen LogP contribution is 2.58. The van der Waals surface area contributed by atoms with Gasteiger partial charge in [-0.05, 0) is 47.6 Å². The van der Waals surface area contributed by atoms with E-state index in [4.69, 9.17) is 4.74 Å². The number of hydrogen-bond acceptors (Lipinski definition) is 2. The van der Waals surface area contributed by atoms with Gasteiger partial charge >= 0.3 is 0 Å². The van der Waals surface area contributed by atoms with Gasteiger partial charge in [-0.15, -0.1) is 0 Å². The Bertz CT molecular complexity index is 655. The van der Waals surface area contributed by atoms with Crippen molar-refractivity contribution >= 4 is 27.8 Å². The second-order valence-corrected chi connectivity index (χ2v) is 7.34. The van der Waals surface area contributed by atoms with Gasteiger partial charge in [0.15, 0.2) is 5.78 Å². The van der Waals surface area contributed by atoms with E-state index < -0.39 is 0 Å². The van der Waals surface area contributed by atoms with E-state index in [-0.39, 0.29) is 17.1 Å². The van der Waals surface area contributed by atoms with Crippen molar-refractivity contribution < 1.29 is 9.53 Å². The van der Waals surface area contributed by atoms with E-state index in [1.54, 1.807) is 7.11 Å². The van der Waals surface area contributed by atoms with E-state index in [1.807, 2.05) is 30.4 Å². The van der Waals surface area contributed by atoms with Crippen molar-refractivity contribution in [2.24, 2.45) is 17.3 Å². The van der Waals surface area contributed by atoms with Gasteiger partial charge in [0.1, 0.15) is 5.75 Å². The zero-order valence-corrected chi connectivity index (χ0v) is 14.1. The van der Waals surface area contributed by atoms with Crippen LogP contribution in [0.3, 0.4) is 0 Å². The molecule has 0 radical (unpaired) electrons. The summed E-state index contributed by atoms with van der Waals surface area (Å²) in [5.74, 6) is 1.83. The molecule has 1 saturated carbocycles. The maximum Gasteiger partial charge on any atom is 0.159 e. The highest BCUT2D eigenvalue weighted by molar-refractivity contribution is 9.10. The number of ketones is 1. The number of rotatable bonds is 3. The van der Waals surface area contributed by atoms with Crippen LogP contribution < -0.4 is 4.74 Å². The standard InChI is InChI=1S/C18H19BrO2/c1-18(2)14-10-15(18)16(20)9-11(14)4-5-12-8-13(19)6-7-17(12)21-3/h4-9,14-15H,10H2,1-3H3/t14-,15+/m0/s1. The molecule has 1 aromatic carbocycles. The van der Waals surface area contributed by atoms with Crippen molar-refractivity contribution in [3.8, 4) is 5.75 Å². The first-order valence-corrected chi connectivity index (χ1v) is 8.00. The predicted molar refractivity (Wildman–Crippen MR) is 88.2 cm³/mol. The van der Waals surface area contributed by atoms with Crippen molar-refractivity contribution in [3.05, 3.63) is 46.0 Å². The molecule has 3 aliphatic carbocycles. The Labute approximate surface area is 134 Å². The molecule has 1 fully saturated rings. The highest BCUT2D eigenvalue weighted by Gasteiger charge is 2.54. The van der Waals surface area contributed by atoms with Gasteiger partial charge in [0.25, 0.3) is 0 Å². The van der Waals surface area contributed by atoms with Gasteiger partial charge in [0.05, 0.1) is 7.11 Å². The molecule has 1 aromatic rings. The lowest BCUT2D eigenvalue weighted by Crippen LogP contribution is -2.52. The number of methoxy groups -OCH3 is 1. The topological polar surface area (TPSA) is 26.3 Å². The molecule has 0 unspecified atom stereocenters. The van der Waals surface area contributed by atoms with Crippen LogP contribution in [0.15, 0.2) is 40.4 Å². The van der Waals surface area contributed by atoms with Gasteiger partial charge in [0.2, 0.25) is 0 Å². The quantitative estimate of drug-likeness (QED) is 0.796. The maximum atomic E-state index is 12.1. The average Bonchev–Trinajstić information content (AvgIpc) is 2.44. The monoisotopic (exact) mass is 346 g/mol. The summed E-state index contributed by atoms with van der Waals surface area (Å²) < 4.78 is 6.40. The minimum Gasteiger partial charge on any atom is -0.496 e. The molecular weight excluding hydrogens is 328 g/mol. The Morgan fingerprint density at radius 2 is 2.05 bits per heavy atom. The van der Waals surface area contributed by atoms with Crippen molar-refractivity contribution in [1.29, 1.82) is 0 Å². The van der Waals surface area contributed by atoms with E-state index in [0.29, 0.717) is 5.92 Å². The lowest BCUT2D eigenvalue weighted by molar-refractivity contribution is -0.133. The number of hydrogen-bond donors (Lipinski definition) is 0. The lowest BCUT2D eigenvalue weighted by atomic mass is 9.48. The molecule has 3 aliphatic rings. The summed E-state index contributed by atoms with van der Waals surface area (Å²) >= 11 is 3.48. The minimum absolute atomic E-state index is 0.104. The van der Waals surface area contributed by atoms with Crippen LogP contribution in [0.2, 0.25) is 0 Å². The van der Waals surface area contributed by atoms with E-state index >= 15 is 0 Å². The first-order valence-electron chi connectivity index (χ1n) is 7.20. The molecule has 0 saturated heterocycles. The Morgan fingerprint density at radius 1 is 1.29 bits per heavy atom. The summed E-state index contributed by atoms with van der Waals surface area (Å²) in [6.45, 7) is 4.40. The Hall–Kier alpha value is -1.35. The third kappa shape index (κ3) is 2.38. The molecule has 0 aromatic heterocycles. The summed E-state index contributed by atoms with van der Waals surface area (Å²) in [4.78, 5) is 12.1. The van der Waals surface area contributed by atoms with Crippen LogP contribution >= 0.6 is 15.9 Å². The van der Waals surface area contributed by atoms with Crippen LogP contribution in [-0.4, -0.2) is 12.9 Å². The summed E-state index contributed by atoms with van der Waals surface area (Å²) in [6.07, 6.45) is 6.93. The van der Waals surface area contributed by atoms with Gasteiger partial charge < -0.3 is 4.74 Å². The van der Waals surface area contributed by atoms with Gasteiger partial charge in [-0.25, -0.2) is 0 Å². The lowest BCUT2D eigenvalue weighted by Gasteiger charge is -2.54. The molecule has 2 nitrogen and oxygen atoms in total. The second kappa shape index (κ2) is 5.13. The molecule has 2 bridgehead atoms. The van der Waals surface area contributed by atoms with Gasteiger partial charge in [0, 0.05) is 16.0 Å². The zero-order valence-electron chi connectivity index (χ0n) is 12.5. The SMILES string of the molecule is COc1ccc(Br)cc1C=CC1=CC(=O)[C@H]2C[C@@H]1C2(C)C. The number of fused-ring (bicyclic) bond motifs is 1. The van der Waals surface area contributed by atoms with Crippen molar-refractivity contribution in [1.82, 2.24) is 0 Å². The number of ether oxygens (including phenoxy) is 1. The van der Waals surface area contributed by atoms with E-state index in [1.165, 1.54) is 0 Å². The van der Waals surface area contributed by atoms with Gasteiger partial charge in [-0.3, -0.25) is 4.79 Å². The predicted octanol–water partition coefficient (Wildman–Crippen LogP) is 4.64. The fourth-order valence-electron chi connectivity index (χ4n) is 3.53. The molecular formula is C18H19BrO2. The van der Waals surface area contributed by atoms with Crippen LogP contribution in [0.1, 0.15) is 25.8 Å². The fourth-order valence-corrected chi connectivity index (χ4v) is 3.90. The van der Waals surface area contributed by atoms with E-state index in [9.17, 15) is 4.79 Å². The molecule has 0 heterocycles. The number of halogens is 1. The normalized spacial score (nSPS) is 26.5. The zero-order chi connectivity index (χ0) is 15.2. The summed E-state index contributed by atoms with van der Waals surface area (Å²) in [5.41, 5.74) is 2.27. The first-order chi connectivity index (χ1) is 9.93. The highest BCUT2D eigenvalue weighted by atomic mass is 79.9. The molecule has 0 N–H and O–H groups in total.